The van der Waals surface area contributed by atoms with Gasteiger partial charge in [0.15, 0.2) is 0 Å². The Labute approximate surface area is 109 Å². The van der Waals surface area contributed by atoms with Crippen LogP contribution in [0.1, 0.15) is 74.3 Å². The molecule has 18 heavy (non-hydrogen) atoms. The first-order valence-electron chi connectivity index (χ1n) is 7.31. The van der Waals surface area contributed by atoms with Crippen LogP contribution in [0.15, 0.2) is 12.1 Å². The van der Waals surface area contributed by atoms with Crippen molar-refractivity contribution in [2.75, 3.05) is 0 Å². The maximum absolute atomic E-state index is 10.1. The summed E-state index contributed by atoms with van der Waals surface area (Å²) >= 11 is 0. The third-order valence-electron chi connectivity index (χ3n) is 4.77. The highest BCUT2D eigenvalue weighted by Gasteiger charge is 2.25. The maximum atomic E-state index is 10.1. The second-order valence-electron chi connectivity index (χ2n) is 5.93. The fourth-order valence-corrected chi connectivity index (χ4v) is 3.74. The maximum Gasteiger partial charge on any atom is 0.122 e. The number of hydrogen-bond donors (Lipinski definition) is 2. The van der Waals surface area contributed by atoms with Gasteiger partial charge in [-0.3, -0.25) is 0 Å². The lowest BCUT2D eigenvalue weighted by atomic mass is 9.89. The van der Waals surface area contributed by atoms with Gasteiger partial charge in [-0.25, -0.2) is 0 Å². The zero-order valence-corrected chi connectivity index (χ0v) is 10.9. The molecule has 2 aliphatic rings. The van der Waals surface area contributed by atoms with Crippen molar-refractivity contribution >= 4 is 0 Å². The van der Waals surface area contributed by atoms with Crippen LogP contribution in [0.4, 0.5) is 0 Å². The Morgan fingerprint density at radius 3 is 1.44 bits per heavy atom. The predicted octanol–water partition coefficient (Wildman–Crippen LogP) is 4.41. The molecule has 1 aromatic rings. The van der Waals surface area contributed by atoms with E-state index in [0.717, 1.165) is 11.1 Å². The first-order valence-corrected chi connectivity index (χ1v) is 7.31. The molecule has 0 amide bonds. The van der Waals surface area contributed by atoms with Crippen LogP contribution in [0.3, 0.4) is 0 Å². The quantitative estimate of drug-likeness (QED) is 0.811. The molecule has 0 unspecified atom stereocenters. The third-order valence-corrected chi connectivity index (χ3v) is 4.77. The van der Waals surface area contributed by atoms with Crippen molar-refractivity contribution in [1.82, 2.24) is 0 Å². The average molecular weight is 246 g/mol. The molecule has 0 heterocycles. The third kappa shape index (κ3) is 2.09. The first-order chi connectivity index (χ1) is 8.75. The fourth-order valence-electron chi connectivity index (χ4n) is 3.74. The molecule has 1 aromatic carbocycles. The van der Waals surface area contributed by atoms with E-state index in [1.54, 1.807) is 6.07 Å². The van der Waals surface area contributed by atoms with E-state index in [-0.39, 0.29) is 0 Å². The second-order valence-corrected chi connectivity index (χ2v) is 5.93. The molecule has 0 atom stereocenters. The molecule has 0 radical (unpaired) electrons. The van der Waals surface area contributed by atoms with E-state index in [2.05, 4.69) is 6.07 Å². The normalized spacial score (nSPS) is 21.8. The van der Waals surface area contributed by atoms with Gasteiger partial charge in [0.1, 0.15) is 11.5 Å². The summed E-state index contributed by atoms with van der Waals surface area (Å²) in [6, 6.07) is 3.66. The summed E-state index contributed by atoms with van der Waals surface area (Å²) in [4.78, 5) is 0. The number of phenols is 2. The van der Waals surface area contributed by atoms with Crippen molar-refractivity contribution in [3.63, 3.8) is 0 Å². The molecule has 2 aliphatic carbocycles. The highest BCUT2D eigenvalue weighted by Crippen LogP contribution is 2.45. The van der Waals surface area contributed by atoms with E-state index < -0.39 is 0 Å². The molecular weight excluding hydrogens is 224 g/mol. The summed E-state index contributed by atoms with van der Waals surface area (Å²) in [6.45, 7) is 0. The van der Waals surface area contributed by atoms with Gasteiger partial charge in [-0.15, -0.1) is 0 Å². The number of benzene rings is 1. The molecule has 2 saturated carbocycles. The van der Waals surface area contributed by atoms with Crippen molar-refractivity contribution in [1.29, 1.82) is 0 Å². The van der Waals surface area contributed by atoms with E-state index >= 15 is 0 Å². The molecular formula is C16H22O2. The Balaban J connectivity index is 1.95. The Morgan fingerprint density at radius 2 is 1.06 bits per heavy atom. The van der Waals surface area contributed by atoms with Crippen LogP contribution in [0.25, 0.3) is 0 Å². The molecule has 0 saturated heterocycles. The zero-order chi connectivity index (χ0) is 12.5. The van der Waals surface area contributed by atoms with Crippen LogP contribution < -0.4 is 0 Å². The lowest BCUT2D eigenvalue weighted by molar-refractivity contribution is 0.433. The Morgan fingerprint density at radius 1 is 0.667 bits per heavy atom. The van der Waals surface area contributed by atoms with Gasteiger partial charge in [-0.05, 0) is 54.7 Å². The summed E-state index contributed by atoms with van der Waals surface area (Å²) in [5.74, 6) is 1.60. The van der Waals surface area contributed by atoms with Crippen molar-refractivity contribution in [2.45, 2.75) is 63.2 Å². The molecule has 0 aliphatic heterocycles. The Hall–Kier alpha value is -1.18. The summed E-state index contributed by atoms with van der Waals surface area (Å²) in [6.07, 6.45) is 9.80. The van der Waals surface area contributed by atoms with Gasteiger partial charge < -0.3 is 10.2 Å². The monoisotopic (exact) mass is 246 g/mol. The van der Waals surface area contributed by atoms with Gasteiger partial charge in [0, 0.05) is 6.07 Å². The topological polar surface area (TPSA) is 40.5 Å². The minimum Gasteiger partial charge on any atom is -0.508 e. The molecule has 3 rings (SSSR count). The van der Waals surface area contributed by atoms with Crippen molar-refractivity contribution in [3.8, 4) is 11.5 Å². The van der Waals surface area contributed by atoms with E-state index in [1.165, 1.54) is 51.4 Å². The number of rotatable bonds is 2. The molecule has 0 bridgehead atoms. The van der Waals surface area contributed by atoms with Gasteiger partial charge in [0.2, 0.25) is 0 Å². The SMILES string of the molecule is Oc1cc(O)c(C2CCCC2)cc1C1CCCC1. The van der Waals surface area contributed by atoms with Crippen LogP contribution in [0.5, 0.6) is 11.5 Å². The van der Waals surface area contributed by atoms with Crippen molar-refractivity contribution < 1.29 is 10.2 Å². The van der Waals surface area contributed by atoms with E-state index in [9.17, 15) is 10.2 Å². The summed E-state index contributed by atoms with van der Waals surface area (Å²) < 4.78 is 0. The predicted molar refractivity (Wildman–Crippen MR) is 72.2 cm³/mol. The fraction of sp³-hybridized carbons (Fsp3) is 0.625. The number of hydrogen-bond acceptors (Lipinski definition) is 2. The van der Waals surface area contributed by atoms with Gasteiger partial charge in [0.25, 0.3) is 0 Å². The van der Waals surface area contributed by atoms with Crippen LogP contribution in [-0.4, -0.2) is 10.2 Å². The lowest BCUT2D eigenvalue weighted by Gasteiger charge is -2.18. The molecule has 98 valence electrons. The molecule has 2 nitrogen and oxygen atoms in total. The van der Waals surface area contributed by atoms with E-state index in [1.807, 2.05) is 0 Å². The molecule has 2 heteroatoms. The molecule has 0 spiro atoms. The standard InChI is InChI=1S/C16H22O2/c17-15-10-16(18)14(12-7-3-4-8-12)9-13(15)11-5-1-2-6-11/h9-12,17-18H,1-8H2. The lowest BCUT2D eigenvalue weighted by Crippen LogP contribution is -1.99. The molecule has 2 N–H and O–H groups in total. The Kier molecular flexibility index (Phi) is 3.19. The average Bonchev–Trinajstić information content (AvgIpc) is 3.01. The van der Waals surface area contributed by atoms with Gasteiger partial charge >= 0.3 is 0 Å². The minimum absolute atomic E-state index is 0.293. The molecule has 0 aromatic heterocycles. The van der Waals surface area contributed by atoms with Crippen LogP contribution >= 0.6 is 0 Å². The van der Waals surface area contributed by atoms with E-state index in [4.69, 9.17) is 0 Å². The number of phenolic OH excluding ortho intramolecular Hbond substituents is 2. The smallest absolute Gasteiger partial charge is 0.122 e. The number of aromatic hydroxyl groups is 2. The largest absolute Gasteiger partial charge is 0.508 e. The van der Waals surface area contributed by atoms with Crippen molar-refractivity contribution in [3.05, 3.63) is 23.3 Å². The minimum atomic E-state index is 0.293. The summed E-state index contributed by atoms with van der Waals surface area (Å²) in [5, 5.41) is 20.1. The molecule has 2 fully saturated rings. The van der Waals surface area contributed by atoms with Gasteiger partial charge in [-0.1, -0.05) is 25.7 Å². The first kappa shape index (κ1) is 11.9. The summed E-state index contributed by atoms with van der Waals surface area (Å²) in [7, 11) is 0. The highest BCUT2D eigenvalue weighted by atomic mass is 16.3. The van der Waals surface area contributed by atoms with E-state index in [0.29, 0.717) is 23.3 Å². The van der Waals surface area contributed by atoms with Gasteiger partial charge in [-0.2, -0.15) is 0 Å². The highest BCUT2D eigenvalue weighted by molar-refractivity contribution is 5.48. The van der Waals surface area contributed by atoms with Crippen LogP contribution in [0, 0.1) is 0 Å². The Bertz CT molecular complexity index is 390. The summed E-state index contributed by atoms with van der Waals surface area (Å²) in [5.41, 5.74) is 2.15. The van der Waals surface area contributed by atoms with Crippen LogP contribution in [-0.2, 0) is 0 Å². The van der Waals surface area contributed by atoms with Gasteiger partial charge in [0.05, 0.1) is 0 Å². The second kappa shape index (κ2) is 4.83. The van der Waals surface area contributed by atoms with Crippen molar-refractivity contribution in [2.24, 2.45) is 0 Å². The van der Waals surface area contributed by atoms with Crippen LogP contribution in [0.2, 0.25) is 0 Å². The zero-order valence-electron chi connectivity index (χ0n) is 10.9.